The summed E-state index contributed by atoms with van der Waals surface area (Å²) in [6.07, 6.45) is 1.84. The third-order valence-corrected chi connectivity index (χ3v) is 4.06. The monoisotopic (exact) mass is 287 g/mol. The molecule has 0 bridgehead atoms. The Morgan fingerprint density at radius 3 is 2.86 bits per heavy atom. The van der Waals surface area contributed by atoms with Crippen LogP contribution in [0.1, 0.15) is 25.3 Å². The summed E-state index contributed by atoms with van der Waals surface area (Å²) in [5.74, 6) is 0.449. The minimum absolute atomic E-state index is 0.0376. The highest BCUT2D eigenvalue weighted by atomic mass is 16.3. The number of hydrogen-bond donors (Lipinski definition) is 2. The number of benzene rings is 1. The van der Waals surface area contributed by atoms with Crippen molar-refractivity contribution >= 4 is 11.6 Å². The van der Waals surface area contributed by atoms with Crippen LogP contribution in [0.2, 0.25) is 0 Å². The molecule has 2 N–H and O–H groups in total. The largest absolute Gasteiger partial charge is 0.396 e. The SMILES string of the molecule is CC(C(=O)Nc1ccc(C#N)cc1)N1CCC(CCO)C1. The van der Waals surface area contributed by atoms with Crippen LogP contribution >= 0.6 is 0 Å². The lowest BCUT2D eigenvalue weighted by Gasteiger charge is -2.23. The molecule has 0 aliphatic carbocycles. The number of nitrogens with one attached hydrogen (secondary N) is 1. The van der Waals surface area contributed by atoms with Crippen molar-refractivity contribution in [3.05, 3.63) is 29.8 Å². The van der Waals surface area contributed by atoms with Gasteiger partial charge in [0, 0.05) is 18.8 Å². The fourth-order valence-corrected chi connectivity index (χ4v) is 2.67. The third kappa shape index (κ3) is 4.03. The highest BCUT2D eigenvalue weighted by Gasteiger charge is 2.29. The molecular weight excluding hydrogens is 266 g/mol. The summed E-state index contributed by atoms with van der Waals surface area (Å²) in [5, 5.41) is 20.6. The van der Waals surface area contributed by atoms with Crippen molar-refractivity contribution in [1.29, 1.82) is 5.26 Å². The quantitative estimate of drug-likeness (QED) is 0.862. The Labute approximate surface area is 125 Å². The number of anilines is 1. The molecule has 1 fully saturated rings. The average molecular weight is 287 g/mol. The first kappa shape index (κ1) is 15.5. The Balaban J connectivity index is 1.89. The number of aliphatic hydroxyl groups is 1. The van der Waals surface area contributed by atoms with Gasteiger partial charge in [0.15, 0.2) is 0 Å². The van der Waals surface area contributed by atoms with Gasteiger partial charge in [-0.05, 0) is 56.5 Å². The van der Waals surface area contributed by atoms with E-state index in [4.69, 9.17) is 10.4 Å². The second kappa shape index (κ2) is 7.21. The van der Waals surface area contributed by atoms with Gasteiger partial charge < -0.3 is 10.4 Å². The van der Waals surface area contributed by atoms with Gasteiger partial charge in [-0.25, -0.2) is 0 Å². The first-order valence-electron chi connectivity index (χ1n) is 7.30. The van der Waals surface area contributed by atoms with E-state index in [0.29, 0.717) is 17.2 Å². The van der Waals surface area contributed by atoms with Crippen LogP contribution in [0.4, 0.5) is 5.69 Å². The molecule has 1 heterocycles. The highest BCUT2D eigenvalue weighted by molar-refractivity contribution is 5.94. The number of likely N-dealkylation sites (tertiary alicyclic amines) is 1. The molecule has 1 aliphatic rings. The molecule has 1 saturated heterocycles. The van der Waals surface area contributed by atoms with Crippen molar-refractivity contribution in [3.63, 3.8) is 0 Å². The van der Waals surface area contributed by atoms with Gasteiger partial charge in [0.1, 0.15) is 0 Å². The Kier molecular flexibility index (Phi) is 5.32. The van der Waals surface area contributed by atoms with Crippen LogP contribution < -0.4 is 5.32 Å². The molecule has 2 unspecified atom stereocenters. The van der Waals surface area contributed by atoms with E-state index >= 15 is 0 Å². The third-order valence-electron chi connectivity index (χ3n) is 4.06. The summed E-state index contributed by atoms with van der Waals surface area (Å²) in [7, 11) is 0. The van der Waals surface area contributed by atoms with Gasteiger partial charge >= 0.3 is 0 Å². The molecule has 1 aromatic carbocycles. The molecule has 21 heavy (non-hydrogen) atoms. The van der Waals surface area contributed by atoms with Gasteiger partial charge in [-0.1, -0.05) is 0 Å². The molecule has 1 amide bonds. The van der Waals surface area contributed by atoms with Crippen LogP contribution in [-0.2, 0) is 4.79 Å². The van der Waals surface area contributed by atoms with Crippen LogP contribution in [0, 0.1) is 17.2 Å². The van der Waals surface area contributed by atoms with E-state index in [1.807, 2.05) is 6.92 Å². The zero-order valence-electron chi connectivity index (χ0n) is 12.2. The van der Waals surface area contributed by atoms with E-state index < -0.39 is 0 Å². The number of aliphatic hydroxyl groups excluding tert-OH is 1. The van der Waals surface area contributed by atoms with Crippen molar-refractivity contribution in [2.45, 2.75) is 25.8 Å². The summed E-state index contributed by atoms with van der Waals surface area (Å²) in [6, 6.07) is 8.71. The van der Waals surface area contributed by atoms with E-state index in [9.17, 15) is 4.79 Å². The molecule has 5 heteroatoms. The fourth-order valence-electron chi connectivity index (χ4n) is 2.67. The number of carbonyl (C=O) groups excluding carboxylic acids is 1. The van der Waals surface area contributed by atoms with Crippen LogP contribution in [0.5, 0.6) is 0 Å². The first-order chi connectivity index (χ1) is 10.1. The van der Waals surface area contributed by atoms with Crippen molar-refractivity contribution in [3.8, 4) is 6.07 Å². The minimum atomic E-state index is -0.190. The summed E-state index contributed by atoms with van der Waals surface area (Å²) in [5.41, 5.74) is 1.28. The predicted molar refractivity (Wildman–Crippen MR) is 80.6 cm³/mol. The van der Waals surface area contributed by atoms with Gasteiger partial charge in [0.05, 0.1) is 17.7 Å². The lowest BCUT2D eigenvalue weighted by molar-refractivity contribution is -0.120. The van der Waals surface area contributed by atoms with Gasteiger partial charge in [0.2, 0.25) is 5.91 Å². The number of nitriles is 1. The molecule has 0 saturated carbocycles. The maximum Gasteiger partial charge on any atom is 0.241 e. The molecule has 112 valence electrons. The van der Waals surface area contributed by atoms with E-state index in [1.165, 1.54) is 0 Å². The number of nitrogens with zero attached hydrogens (tertiary/aromatic N) is 2. The molecule has 1 aliphatic heterocycles. The number of hydrogen-bond acceptors (Lipinski definition) is 4. The van der Waals surface area contributed by atoms with Crippen LogP contribution in [-0.4, -0.2) is 41.7 Å². The average Bonchev–Trinajstić information content (AvgIpc) is 2.96. The molecular formula is C16H21N3O2. The minimum Gasteiger partial charge on any atom is -0.396 e. The normalized spacial score (nSPS) is 20.0. The second-order valence-electron chi connectivity index (χ2n) is 5.52. The first-order valence-corrected chi connectivity index (χ1v) is 7.30. The molecule has 0 spiro atoms. The zero-order chi connectivity index (χ0) is 15.2. The van der Waals surface area contributed by atoms with Crippen molar-refractivity contribution < 1.29 is 9.90 Å². The van der Waals surface area contributed by atoms with Crippen LogP contribution in [0.3, 0.4) is 0 Å². The van der Waals surface area contributed by atoms with Crippen molar-refractivity contribution in [1.82, 2.24) is 4.90 Å². The van der Waals surface area contributed by atoms with Crippen LogP contribution in [0.25, 0.3) is 0 Å². The van der Waals surface area contributed by atoms with Gasteiger partial charge in [-0.2, -0.15) is 5.26 Å². The van der Waals surface area contributed by atoms with Crippen molar-refractivity contribution in [2.24, 2.45) is 5.92 Å². The van der Waals surface area contributed by atoms with Crippen molar-refractivity contribution in [2.75, 3.05) is 25.0 Å². The predicted octanol–water partition coefficient (Wildman–Crippen LogP) is 1.59. The Hall–Kier alpha value is -1.90. The van der Waals surface area contributed by atoms with E-state index in [-0.39, 0.29) is 18.6 Å². The van der Waals surface area contributed by atoms with E-state index in [1.54, 1.807) is 24.3 Å². The van der Waals surface area contributed by atoms with Gasteiger partial charge in [-0.3, -0.25) is 9.69 Å². The Morgan fingerprint density at radius 1 is 1.52 bits per heavy atom. The summed E-state index contributed by atoms with van der Waals surface area (Å²) in [4.78, 5) is 14.4. The lowest BCUT2D eigenvalue weighted by Crippen LogP contribution is -2.40. The summed E-state index contributed by atoms with van der Waals surface area (Å²) < 4.78 is 0. The van der Waals surface area contributed by atoms with Gasteiger partial charge in [-0.15, -0.1) is 0 Å². The maximum atomic E-state index is 12.3. The Morgan fingerprint density at radius 2 is 2.24 bits per heavy atom. The topological polar surface area (TPSA) is 76.4 Å². The fraction of sp³-hybridized carbons (Fsp3) is 0.500. The van der Waals surface area contributed by atoms with Gasteiger partial charge in [0.25, 0.3) is 0 Å². The Bertz CT molecular complexity index is 521. The standard InChI is InChI=1S/C16H21N3O2/c1-12(19-8-6-14(11-19)7-9-20)16(21)18-15-4-2-13(10-17)3-5-15/h2-5,12,14,20H,6-9,11H2,1H3,(H,18,21). The van der Waals surface area contributed by atoms with Crippen LogP contribution in [0.15, 0.2) is 24.3 Å². The molecule has 1 aromatic rings. The summed E-state index contributed by atoms with van der Waals surface area (Å²) >= 11 is 0. The highest BCUT2D eigenvalue weighted by Crippen LogP contribution is 2.21. The molecule has 2 rings (SSSR count). The van der Waals surface area contributed by atoms with E-state index in [2.05, 4.69) is 16.3 Å². The molecule has 2 atom stereocenters. The molecule has 0 aromatic heterocycles. The lowest BCUT2D eigenvalue weighted by atomic mass is 10.1. The number of rotatable bonds is 5. The molecule has 0 radical (unpaired) electrons. The smallest absolute Gasteiger partial charge is 0.241 e. The maximum absolute atomic E-state index is 12.3. The van der Waals surface area contributed by atoms with E-state index in [0.717, 1.165) is 25.9 Å². The molecule has 5 nitrogen and oxygen atoms in total. The number of carbonyl (C=O) groups is 1. The summed E-state index contributed by atoms with van der Waals surface area (Å²) in [6.45, 7) is 3.87. The second-order valence-corrected chi connectivity index (χ2v) is 5.52. The zero-order valence-corrected chi connectivity index (χ0v) is 12.2. The number of amides is 1.